The molecule has 6 nitrogen and oxygen atoms in total. The molecule has 1 heterocycles. The minimum atomic E-state index is -3.50. The molecule has 0 unspecified atom stereocenters. The monoisotopic (exact) mass is 344 g/mol. The molecule has 0 saturated carbocycles. The Labute approximate surface area is 134 Å². The van der Waals surface area contributed by atoms with E-state index >= 15 is 0 Å². The molecule has 0 spiro atoms. The highest BCUT2D eigenvalue weighted by Gasteiger charge is 2.31. The zero-order valence-electron chi connectivity index (χ0n) is 12.1. The van der Waals surface area contributed by atoms with E-state index in [9.17, 15) is 13.2 Å². The van der Waals surface area contributed by atoms with Crippen molar-refractivity contribution in [1.29, 1.82) is 0 Å². The number of fused-ring (bicyclic) bond motifs is 1. The van der Waals surface area contributed by atoms with Gasteiger partial charge in [0.2, 0.25) is 10.0 Å². The van der Waals surface area contributed by atoms with Crippen LogP contribution in [0.3, 0.4) is 0 Å². The number of nitrogens with zero attached hydrogens (tertiary/aromatic N) is 1. The van der Waals surface area contributed by atoms with Gasteiger partial charge in [-0.05, 0) is 18.2 Å². The van der Waals surface area contributed by atoms with Crippen LogP contribution in [0.1, 0.15) is 6.42 Å². The van der Waals surface area contributed by atoms with E-state index in [1.54, 1.807) is 18.2 Å². The van der Waals surface area contributed by atoms with Gasteiger partial charge < -0.3 is 10.1 Å². The summed E-state index contributed by atoms with van der Waals surface area (Å²) in [5.41, 5.74) is 0.342. The maximum absolute atomic E-state index is 12.1. The van der Waals surface area contributed by atoms with Crippen molar-refractivity contribution in [3.05, 3.63) is 35.9 Å². The Morgan fingerprint density at radius 3 is 2.95 bits per heavy atom. The molecule has 1 amide bonds. The lowest BCUT2D eigenvalue weighted by Gasteiger charge is -2.21. The molecule has 0 saturated heterocycles. The van der Waals surface area contributed by atoms with E-state index in [-0.39, 0.29) is 18.9 Å². The fourth-order valence-electron chi connectivity index (χ4n) is 2.17. The van der Waals surface area contributed by atoms with Crippen LogP contribution >= 0.6 is 11.6 Å². The molecule has 1 aliphatic heterocycles. The zero-order valence-corrected chi connectivity index (χ0v) is 13.7. The first-order chi connectivity index (χ1) is 10.3. The van der Waals surface area contributed by atoms with Gasteiger partial charge in [-0.2, -0.15) is 0 Å². The van der Waals surface area contributed by atoms with E-state index in [4.69, 9.17) is 16.3 Å². The van der Waals surface area contributed by atoms with Gasteiger partial charge in [0.05, 0.1) is 11.9 Å². The van der Waals surface area contributed by atoms with E-state index in [0.717, 1.165) is 6.26 Å². The quantitative estimate of drug-likeness (QED) is 0.841. The molecule has 2 rings (SSSR count). The molecular weight excluding hydrogens is 328 g/mol. The van der Waals surface area contributed by atoms with Crippen LogP contribution in [0.2, 0.25) is 5.02 Å². The fraction of sp³-hybridized carbons (Fsp3) is 0.357. The second-order valence-electron chi connectivity index (χ2n) is 4.88. The Morgan fingerprint density at radius 1 is 1.59 bits per heavy atom. The molecule has 1 aromatic rings. The molecule has 0 radical (unpaired) electrons. The summed E-state index contributed by atoms with van der Waals surface area (Å²) in [5.74, 6) is 0.00206. The van der Waals surface area contributed by atoms with E-state index in [2.05, 4.69) is 11.9 Å². The van der Waals surface area contributed by atoms with Gasteiger partial charge in [-0.1, -0.05) is 17.7 Å². The van der Waals surface area contributed by atoms with Crippen molar-refractivity contribution >= 4 is 33.2 Å². The lowest BCUT2D eigenvalue weighted by molar-refractivity contribution is -0.127. The summed E-state index contributed by atoms with van der Waals surface area (Å²) in [6, 6.07) is 4.67. The third-order valence-corrected chi connectivity index (χ3v) is 4.58. The molecule has 1 aliphatic rings. The molecule has 0 aliphatic carbocycles. The van der Waals surface area contributed by atoms with Crippen molar-refractivity contribution < 1.29 is 17.9 Å². The molecule has 0 fully saturated rings. The van der Waals surface area contributed by atoms with Gasteiger partial charge in [0, 0.05) is 24.5 Å². The SMILES string of the molecule is C=CCNC(=O)[C@H]1CCN(S(C)(=O)=O)c2cc(Cl)ccc2O1. The lowest BCUT2D eigenvalue weighted by Crippen LogP contribution is -2.39. The number of amides is 1. The number of carbonyl (C=O) groups excluding carboxylic acids is 1. The summed E-state index contributed by atoms with van der Waals surface area (Å²) in [4.78, 5) is 12.1. The van der Waals surface area contributed by atoms with Crippen LogP contribution in [0.15, 0.2) is 30.9 Å². The number of anilines is 1. The maximum Gasteiger partial charge on any atom is 0.261 e. The average molecular weight is 345 g/mol. The smallest absolute Gasteiger partial charge is 0.261 e. The number of rotatable bonds is 4. The van der Waals surface area contributed by atoms with Gasteiger partial charge in [-0.3, -0.25) is 9.10 Å². The third kappa shape index (κ3) is 3.72. The number of benzene rings is 1. The number of halogens is 1. The highest BCUT2D eigenvalue weighted by Crippen LogP contribution is 2.36. The molecule has 1 aromatic carbocycles. The highest BCUT2D eigenvalue weighted by atomic mass is 35.5. The second kappa shape index (κ2) is 6.58. The number of ether oxygens (including phenoxy) is 1. The topological polar surface area (TPSA) is 75.7 Å². The van der Waals surface area contributed by atoms with Crippen molar-refractivity contribution in [3.63, 3.8) is 0 Å². The van der Waals surface area contributed by atoms with Crippen LogP contribution in [-0.2, 0) is 14.8 Å². The first-order valence-electron chi connectivity index (χ1n) is 6.65. The summed E-state index contributed by atoms with van der Waals surface area (Å²) in [6.07, 6.45) is 2.13. The third-order valence-electron chi connectivity index (χ3n) is 3.17. The van der Waals surface area contributed by atoms with Crippen molar-refractivity contribution in [2.24, 2.45) is 0 Å². The first kappa shape index (κ1) is 16.6. The molecule has 0 aromatic heterocycles. The van der Waals surface area contributed by atoms with Crippen LogP contribution in [0.4, 0.5) is 5.69 Å². The summed E-state index contributed by atoms with van der Waals surface area (Å²) in [6.45, 7) is 3.99. The van der Waals surface area contributed by atoms with Crippen molar-refractivity contribution in [3.8, 4) is 5.75 Å². The minimum Gasteiger partial charge on any atom is -0.478 e. The number of hydrogen-bond acceptors (Lipinski definition) is 4. The molecule has 1 atom stereocenters. The number of carbonyl (C=O) groups is 1. The average Bonchev–Trinajstić information content (AvgIpc) is 2.63. The van der Waals surface area contributed by atoms with Crippen LogP contribution < -0.4 is 14.4 Å². The number of hydrogen-bond donors (Lipinski definition) is 1. The van der Waals surface area contributed by atoms with Crippen LogP contribution in [0.5, 0.6) is 5.75 Å². The molecule has 120 valence electrons. The van der Waals surface area contributed by atoms with Gasteiger partial charge in [0.15, 0.2) is 6.10 Å². The van der Waals surface area contributed by atoms with Gasteiger partial charge in [-0.25, -0.2) is 8.42 Å². The molecule has 22 heavy (non-hydrogen) atoms. The minimum absolute atomic E-state index is 0.137. The Bertz CT molecular complexity index is 690. The van der Waals surface area contributed by atoms with Crippen molar-refractivity contribution in [2.45, 2.75) is 12.5 Å². The number of nitrogens with one attached hydrogen (secondary N) is 1. The Hall–Kier alpha value is -1.73. The van der Waals surface area contributed by atoms with Gasteiger partial charge in [0.25, 0.3) is 5.91 Å². The molecule has 0 bridgehead atoms. The second-order valence-corrected chi connectivity index (χ2v) is 7.22. The first-order valence-corrected chi connectivity index (χ1v) is 8.88. The molecule has 8 heteroatoms. The Balaban J connectivity index is 2.36. The Kier molecular flexibility index (Phi) is 4.97. The summed E-state index contributed by atoms with van der Waals surface area (Å²) in [5, 5.41) is 3.04. The van der Waals surface area contributed by atoms with Crippen molar-refractivity contribution in [2.75, 3.05) is 23.7 Å². The standard InChI is InChI=1S/C14H17ClN2O4S/c1-3-7-16-14(18)13-6-8-17(22(2,19)20)11-9-10(15)4-5-12(11)21-13/h3-5,9,13H,1,6-8H2,2H3,(H,16,18)/t13-/m1/s1. The fourth-order valence-corrected chi connectivity index (χ4v) is 3.27. The summed E-state index contributed by atoms with van der Waals surface area (Å²) < 4.78 is 30.8. The van der Waals surface area contributed by atoms with E-state index < -0.39 is 16.1 Å². The summed E-state index contributed by atoms with van der Waals surface area (Å²) in [7, 11) is -3.50. The zero-order chi connectivity index (χ0) is 16.3. The Morgan fingerprint density at radius 2 is 2.32 bits per heavy atom. The van der Waals surface area contributed by atoms with Gasteiger partial charge in [-0.15, -0.1) is 6.58 Å². The normalized spacial score (nSPS) is 17.9. The van der Waals surface area contributed by atoms with E-state index in [0.29, 0.717) is 23.0 Å². The predicted octanol–water partition coefficient (Wildman–Crippen LogP) is 1.56. The lowest BCUT2D eigenvalue weighted by atomic mass is 10.2. The van der Waals surface area contributed by atoms with E-state index in [1.807, 2.05) is 0 Å². The number of sulfonamides is 1. The van der Waals surface area contributed by atoms with Crippen LogP contribution in [0, 0.1) is 0 Å². The van der Waals surface area contributed by atoms with Crippen LogP contribution in [-0.4, -0.2) is 39.8 Å². The van der Waals surface area contributed by atoms with E-state index in [1.165, 1.54) is 10.4 Å². The van der Waals surface area contributed by atoms with Crippen molar-refractivity contribution in [1.82, 2.24) is 5.32 Å². The largest absolute Gasteiger partial charge is 0.478 e. The van der Waals surface area contributed by atoms with Gasteiger partial charge >= 0.3 is 0 Å². The molecular formula is C14H17ClN2O4S. The van der Waals surface area contributed by atoms with Crippen LogP contribution in [0.25, 0.3) is 0 Å². The summed E-state index contributed by atoms with van der Waals surface area (Å²) >= 11 is 5.95. The predicted molar refractivity (Wildman–Crippen MR) is 85.9 cm³/mol. The molecule has 1 N–H and O–H groups in total. The highest BCUT2D eigenvalue weighted by molar-refractivity contribution is 7.92. The maximum atomic E-state index is 12.1. The van der Waals surface area contributed by atoms with Gasteiger partial charge in [0.1, 0.15) is 5.75 Å².